The van der Waals surface area contributed by atoms with Crippen LogP contribution in [0.1, 0.15) is 49.7 Å². The van der Waals surface area contributed by atoms with Gasteiger partial charge in [0.15, 0.2) is 0 Å². The zero-order chi connectivity index (χ0) is 21.4. The Hall–Kier alpha value is -3.35. The van der Waals surface area contributed by atoms with Gasteiger partial charge in [-0.2, -0.15) is 0 Å². The van der Waals surface area contributed by atoms with Crippen LogP contribution in [-0.4, -0.2) is 30.2 Å². The van der Waals surface area contributed by atoms with Crippen molar-refractivity contribution < 1.29 is 23.9 Å². The molecule has 7 heteroatoms. The number of nitrogens with one attached hydrogen (secondary N) is 2. The molecule has 0 radical (unpaired) electrons. The number of carbonyl (C=O) groups is 3. The molecule has 0 saturated heterocycles. The van der Waals surface area contributed by atoms with E-state index < -0.39 is 29.6 Å². The average Bonchev–Trinajstić information content (AvgIpc) is 2.66. The summed E-state index contributed by atoms with van der Waals surface area (Å²) in [5.41, 5.74) is 0.386. The minimum absolute atomic E-state index is 0.216. The number of rotatable bonds is 6. The average molecular weight is 398 g/mol. The van der Waals surface area contributed by atoms with Gasteiger partial charge in [0.2, 0.25) is 0 Å². The van der Waals surface area contributed by atoms with E-state index in [1.54, 1.807) is 76.2 Å². The Kier molecular flexibility index (Phi) is 7.36. The van der Waals surface area contributed by atoms with Gasteiger partial charge in [0, 0.05) is 0 Å². The Morgan fingerprint density at radius 2 is 1.59 bits per heavy atom. The maximum atomic E-state index is 13.0. The molecule has 29 heavy (non-hydrogen) atoms. The standard InChI is InChI=1S/C22H26N2O5/c1-5-28-20(26)16-13-9-10-14-17(16)23-19(25)18(15-11-7-6-8-12-15)24-21(27)29-22(2,3)4/h6-14,18H,5H2,1-4H3,(H,23,25)(H,24,27). The van der Waals surface area contributed by atoms with Crippen LogP contribution in [0.3, 0.4) is 0 Å². The molecule has 0 aromatic heterocycles. The first-order valence-electron chi connectivity index (χ1n) is 9.32. The molecule has 2 amide bonds. The van der Waals surface area contributed by atoms with Gasteiger partial charge in [-0.1, -0.05) is 42.5 Å². The zero-order valence-corrected chi connectivity index (χ0v) is 17.0. The highest BCUT2D eigenvalue weighted by atomic mass is 16.6. The van der Waals surface area contributed by atoms with E-state index >= 15 is 0 Å². The number of para-hydroxylation sites is 1. The van der Waals surface area contributed by atoms with Crippen LogP contribution in [0.15, 0.2) is 54.6 Å². The van der Waals surface area contributed by atoms with Gasteiger partial charge in [0.25, 0.3) is 5.91 Å². The zero-order valence-electron chi connectivity index (χ0n) is 17.0. The van der Waals surface area contributed by atoms with Crippen LogP contribution in [0.25, 0.3) is 0 Å². The molecule has 7 nitrogen and oxygen atoms in total. The highest BCUT2D eigenvalue weighted by Gasteiger charge is 2.27. The van der Waals surface area contributed by atoms with Gasteiger partial charge in [-0.3, -0.25) is 4.79 Å². The number of alkyl carbamates (subject to hydrolysis) is 1. The molecule has 2 rings (SSSR count). The predicted octanol–water partition coefficient (Wildman–Crippen LogP) is 4.07. The van der Waals surface area contributed by atoms with Crippen molar-refractivity contribution in [3.05, 3.63) is 65.7 Å². The maximum Gasteiger partial charge on any atom is 0.408 e. The van der Waals surface area contributed by atoms with E-state index in [-0.39, 0.29) is 12.2 Å². The van der Waals surface area contributed by atoms with E-state index in [4.69, 9.17) is 9.47 Å². The van der Waals surface area contributed by atoms with E-state index in [1.807, 2.05) is 6.07 Å². The summed E-state index contributed by atoms with van der Waals surface area (Å²) in [6.45, 7) is 7.13. The van der Waals surface area contributed by atoms with E-state index in [2.05, 4.69) is 10.6 Å². The summed E-state index contributed by atoms with van der Waals surface area (Å²) < 4.78 is 10.3. The molecule has 0 saturated carbocycles. The van der Waals surface area contributed by atoms with Crippen LogP contribution in [-0.2, 0) is 14.3 Å². The third-order valence-corrected chi connectivity index (χ3v) is 3.74. The lowest BCUT2D eigenvalue weighted by atomic mass is 10.1. The second-order valence-electron chi connectivity index (χ2n) is 7.25. The number of hydrogen-bond acceptors (Lipinski definition) is 5. The van der Waals surface area contributed by atoms with Crippen LogP contribution in [0.2, 0.25) is 0 Å². The SMILES string of the molecule is CCOC(=O)c1ccccc1NC(=O)C(NC(=O)OC(C)(C)C)c1ccccc1. The van der Waals surface area contributed by atoms with Crippen LogP contribution >= 0.6 is 0 Å². The Bertz CT molecular complexity index is 859. The van der Waals surface area contributed by atoms with Crippen LogP contribution < -0.4 is 10.6 Å². The second-order valence-corrected chi connectivity index (χ2v) is 7.25. The summed E-state index contributed by atoms with van der Waals surface area (Å²) >= 11 is 0. The fourth-order valence-electron chi connectivity index (χ4n) is 2.56. The molecule has 2 N–H and O–H groups in total. The quantitative estimate of drug-likeness (QED) is 0.716. The van der Waals surface area contributed by atoms with Crippen molar-refractivity contribution >= 4 is 23.7 Å². The number of carbonyl (C=O) groups excluding carboxylic acids is 3. The fraction of sp³-hybridized carbons (Fsp3) is 0.318. The highest BCUT2D eigenvalue weighted by molar-refractivity contribution is 6.03. The van der Waals surface area contributed by atoms with Crippen LogP contribution in [0.4, 0.5) is 10.5 Å². The topological polar surface area (TPSA) is 93.7 Å². The lowest BCUT2D eigenvalue weighted by Crippen LogP contribution is -2.40. The van der Waals surface area contributed by atoms with Crippen molar-refractivity contribution in [2.75, 3.05) is 11.9 Å². The van der Waals surface area contributed by atoms with Gasteiger partial charge >= 0.3 is 12.1 Å². The number of hydrogen-bond donors (Lipinski definition) is 2. The normalized spacial score (nSPS) is 11.9. The molecule has 0 fully saturated rings. The Morgan fingerprint density at radius 1 is 0.966 bits per heavy atom. The summed E-state index contributed by atoms with van der Waals surface area (Å²) in [6.07, 6.45) is -0.722. The number of ether oxygens (including phenoxy) is 2. The molecular weight excluding hydrogens is 372 g/mol. The number of anilines is 1. The Balaban J connectivity index is 2.27. The Morgan fingerprint density at radius 3 is 2.21 bits per heavy atom. The smallest absolute Gasteiger partial charge is 0.408 e. The second kappa shape index (κ2) is 9.73. The van der Waals surface area contributed by atoms with Crippen LogP contribution in [0.5, 0.6) is 0 Å². The molecule has 0 bridgehead atoms. The molecule has 0 aliphatic rings. The molecule has 1 unspecified atom stereocenters. The first-order chi connectivity index (χ1) is 13.7. The molecule has 0 aliphatic heterocycles. The van der Waals surface area contributed by atoms with E-state index in [0.29, 0.717) is 11.3 Å². The predicted molar refractivity (Wildman–Crippen MR) is 110 cm³/mol. The van der Waals surface area contributed by atoms with Crippen molar-refractivity contribution in [3.63, 3.8) is 0 Å². The van der Waals surface area contributed by atoms with Crippen molar-refractivity contribution in [1.82, 2.24) is 5.32 Å². The van der Waals surface area contributed by atoms with Gasteiger partial charge in [-0.15, -0.1) is 0 Å². The highest BCUT2D eigenvalue weighted by Crippen LogP contribution is 2.21. The van der Waals surface area contributed by atoms with Gasteiger partial charge < -0.3 is 20.1 Å². The lowest BCUT2D eigenvalue weighted by Gasteiger charge is -2.24. The van der Waals surface area contributed by atoms with Crippen molar-refractivity contribution in [2.45, 2.75) is 39.3 Å². The third-order valence-electron chi connectivity index (χ3n) is 3.74. The molecular formula is C22H26N2O5. The third kappa shape index (κ3) is 6.64. The van der Waals surface area contributed by atoms with E-state index in [0.717, 1.165) is 0 Å². The van der Waals surface area contributed by atoms with Crippen molar-refractivity contribution in [1.29, 1.82) is 0 Å². The number of esters is 1. The number of benzene rings is 2. The van der Waals surface area contributed by atoms with Gasteiger partial charge in [-0.05, 0) is 45.4 Å². The van der Waals surface area contributed by atoms with E-state index in [1.165, 1.54) is 0 Å². The molecule has 2 aromatic rings. The minimum atomic E-state index is -1.01. The van der Waals surface area contributed by atoms with E-state index in [9.17, 15) is 14.4 Å². The number of amides is 2. The summed E-state index contributed by atoms with van der Waals surface area (Å²) in [4.78, 5) is 37.4. The first kappa shape index (κ1) is 21.9. The molecule has 2 aromatic carbocycles. The Labute approximate surface area is 170 Å². The summed E-state index contributed by atoms with van der Waals surface area (Å²) in [7, 11) is 0. The molecule has 154 valence electrons. The van der Waals surface area contributed by atoms with Crippen molar-refractivity contribution in [2.24, 2.45) is 0 Å². The van der Waals surface area contributed by atoms with Crippen molar-refractivity contribution in [3.8, 4) is 0 Å². The lowest BCUT2D eigenvalue weighted by molar-refractivity contribution is -0.118. The molecule has 1 atom stereocenters. The maximum absolute atomic E-state index is 13.0. The summed E-state index contributed by atoms with van der Waals surface area (Å²) in [6, 6.07) is 14.3. The molecule has 0 aliphatic carbocycles. The van der Waals surface area contributed by atoms with Crippen LogP contribution in [0, 0.1) is 0 Å². The molecule has 0 spiro atoms. The minimum Gasteiger partial charge on any atom is -0.462 e. The largest absolute Gasteiger partial charge is 0.462 e. The molecule has 0 heterocycles. The monoisotopic (exact) mass is 398 g/mol. The summed E-state index contributed by atoms with van der Waals surface area (Å²) in [5, 5.41) is 5.30. The van der Waals surface area contributed by atoms with Gasteiger partial charge in [0.1, 0.15) is 11.6 Å². The fourth-order valence-corrected chi connectivity index (χ4v) is 2.56. The van der Waals surface area contributed by atoms with Gasteiger partial charge in [-0.25, -0.2) is 9.59 Å². The van der Waals surface area contributed by atoms with Gasteiger partial charge in [0.05, 0.1) is 17.9 Å². The summed E-state index contributed by atoms with van der Waals surface area (Å²) in [5.74, 6) is -1.06. The first-order valence-corrected chi connectivity index (χ1v) is 9.32.